The normalized spacial score (nSPS) is 18.5. The van der Waals surface area contributed by atoms with Crippen LogP contribution in [0.1, 0.15) is 50.3 Å². The summed E-state index contributed by atoms with van der Waals surface area (Å²) in [6, 6.07) is 4.00. The van der Waals surface area contributed by atoms with Gasteiger partial charge in [-0.05, 0) is 67.8 Å². The lowest BCUT2D eigenvalue weighted by molar-refractivity contribution is 0.519. The largest absolute Gasteiger partial charge is 0.316 e. The van der Waals surface area contributed by atoms with Gasteiger partial charge in [0.1, 0.15) is 0 Å². The van der Waals surface area contributed by atoms with E-state index < -0.39 is 10.0 Å². The van der Waals surface area contributed by atoms with Crippen LogP contribution in [0.4, 0.5) is 0 Å². The zero-order chi connectivity index (χ0) is 17.3. The van der Waals surface area contributed by atoms with Crippen molar-refractivity contribution < 1.29 is 8.42 Å². The predicted molar refractivity (Wildman–Crippen MR) is 103 cm³/mol. The van der Waals surface area contributed by atoms with Gasteiger partial charge in [0.15, 0.2) is 0 Å². The zero-order valence-electron chi connectivity index (χ0n) is 15.4. The molecule has 0 aromatic heterocycles. The molecule has 1 saturated heterocycles. The lowest BCUT2D eigenvalue weighted by Crippen LogP contribution is -2.28. The van der Waals surface area contributed by atoms with Gasteiger partial charge in [-0.2, -0.15) is 0 Å². The van der Waals surface area contributed by atoms with Crippen LogP contribution in [0.2, 0.25) is 0 Å². The van der Waals surface area contributed by atoms with Gasteiger partial charge in [-0.3, -0.25) is 0 Å². The second-order valence-corrected chi connectivity index (χ2v) is 9.44. The van der Waals surface area contributed by atoms with Gasteiger partial charge in [-0.1, -0.05) is 32.9 Å². The molecule has 1 aliphatic rings. The molecule has 2 N–H and O–H groups in total. The van der Waals surface area contributed by atoms with Crippen molar-refractivity contribution in [3.63, 3.8) is 0 Å². The van der Waals surface area contributed by atoms with Crippen LogP contribution in [-0.4, -0.2) is 28.1 Å². The topological polar surface area (TPSA) is 58.2 Å². The minimum Gasteiger partial charge on any atom is -0.316 e. The number of hydrogen-bond acceptors (Lipinski definition) is 3. The van der Waals surface area contributed by atoms with Gasteiger partial charge in [-0.15, -0.1) is 12.4 Å². The summed E-state index contributed by atoms with van der Waals surface area (Å²) in [5, 5.41) is 3.31. The summed E-state index contributed by atoms with van der Waals surface area (Å²) in [5.74, 6) is 0.586. The molecule has 0 bridgehead atoms. The van der Waals surface area contributed by atoms with Crippen molar-refractivity contribution in [2.75, 3.05) is 19.6 Å². The number of aryl methyl sites for hydroxylation is 2. The Bertz CT molecular complexity index is 637. The van der Waals surface area contributed by atoms with E-state index in [1.54, 1.807) is 0 Å². The number of sulfonamides is 1. The van der Waals surface area contributed by atoms with E-state index >= 15 is 0 Å². The molecule has 0 aliphatic carbocycles. The molecular formula is C18H31ClN2O2S. The Kier molecular flexibility index (Phi) is 7.29. The maximum atomic E-state index is 12.7. The first-order chi connectivity index (χ1) is 10.6. The molecule has 1 aromatic rings. The average molecular weight is 375 g/mol. The van der Waals surface area contributed by atoms with Crippen LogP contribution in [0.15, 0.2) is 17.0 Å². The summed E-state index contributed by atoms with van der Waals surface area (Å²) in [6.45, 7) is 12.8. The van der Waals surface area contributed by atoms with Crippen LogP contribution in [0.5, 0.6) is 0 Å². The lowest BCUT2D eigenvalue weighted by Gasteiger charge is -2.22. The van der Waals surface area contributed by atoms with E-state index in [-0.39, 0.29) is 17.8 Å². The Morgan fingerprint density at radius 3 is 2.25 bits per heavy atom. The van der Waals surface area contributed by atoms with E-state index in [9.17, 15) is 8.42 Å². The highest BCUT2D eigenvalue weighted by Crippen LogP contribution is 2.29. The molecule has 0 saturated carbocycles. The van der Waals surface area contributed by atoms with Gasteiger partial charge in [0.25, 0.3) is 0 Å². The molecule has 24 heavy (non-hydrogen) atoms. The number of benzene rings is 1. The number of nitrogens with one attached hydrogen (secondary N) is 2. The minimum absolute atomic E-state index is 0. The summed E-state index contributed by atoms with van der Waals surface area (Å²) in [5.41, 5.74) is 2.83. The smallest absolute Gasteiger partial charge is 0.241 e. The van der Waals surface area contributed by atoms with Crippen molar-refractivity contribution in [3.8, 4) is 0 Å². The van der Waals surface area contributed by atoms with Gasteiger partial charge in [0, 0.05) is 6.54 Å². The lowest BCUT2D eigenvalue weighted by atomic mass is 9.85. The molecule has 6 heteroatoms. The van der Waals surface area contributed by atoms with Gasteiger partial charge in [0.2, 0.25) is 10.0 Å². The van der Waals surface area contributed by atoms with Crippen molar-refractivity contribution >= 4 is 22.4 Å². The highest BCUT2D eigenvalue weighted by atomic mass is 35.5. The molecule has 138 valence electrons. The fourth-order valence-electron chi connectivity index (χ4n) is 3.24. The number of halogens is 1. The third-order valence-corrected chi connectivity index (χ3v) is 6.37. The van der Waals surface area contributed by atoms with Crippen LogP contribution in [0.3, 0.4) is 0 Å². The molecule has 0 spiro atoms. The zero-order valence-corrected chi connectivity index (χ0v) is 17.0. The predicted octanol–water partition coefficient (Wildman–Crippen LogP) is 3.30. The third kappa shape index (κ3) is 5.19. The second kappa shape index (κ2) is 8.17. The number of hydrogen-bond donors (Lipinski definition) is 2. The molecule has 1 atom stereocenters. The molecule has 2 rings (SSSR count). The van der Waals surface area contributed by atoms with Crippen LogP contribution in [0.25, 0.3) is 0 Å². The van der Waals surface area contributed by atoms with E-state index in [2.05, 4.69) is 30.8 Å². The first-order valence-corrected chi connectivity index (χ1v) is 9.91. The molecule has 1 fully saturated rings. The summed E-state index contributed by atoms with van der Waals surface area (Å²) in [6.07, 6.45) is 2.03. The first-order valence-electron chi connectivity index (χ1n) is 8.43. The molecule has 1 heterocycles. The van der Waals surface area contributed by atoms with Crippen LogP contribution in [0, 0.1) is 19.8 Å². The van der Waals surface area contributed by atoms with E-state index in [4.69, 9.17) is 0 Å². The van der Waals surface area contributed by atoms with E-state index in [1.165, 1.54) is 5.56 Å². The van der Waals surface area contributed by atoms with Gasteiger partial charge in [-0.25, -0.2) is 13.1 Å². The molecule has 1 unspecified atom stereocenters. The van der Waals surface area contributed by atoms with Crippen molar-refractivity contribution in [1.82, 2.24) is 10.0 Å². The van der Waals surface area contributed by atoms with Crippen molar-refractivity contribution in [2.24, 2.45) is 5.92 Å². The summed E-state index contributed by atoms with van der Waals surface area (Å²) < 4.78 is 28.2. The molecule has 0 amide bonds. The fraction of sp³-hybridized carbons (Fsp3) is 0.667. The van der Waals surface area contributed by atoms with Crippen molar-refractivity contribution in [2.45, 2.75) is 57.8 Å². The minimum atomic E-state index is -3.45. The van der Waals surface area contributed by atoms with E-state index in [1.807, 2.05) is 26.0 Å². The van der Waals surface area contributed by atoms with E-state index in [0.717, 1.165) is 37.1 Å². The maximum Gasteiger partial charge on any atom is 0.241 e. The Morgan fingerprint density at radius 1 is 1.21 bits per heavy atom. The molecule has 0 radical (unpaired) electrons. The average Bonchev–Trinajstić information content (AvgIpc) is 2.89. The quantitative estimate of drug-likeness (QED) is 0.831. The highest BCUT2D eigenvalue weighted by Gasteiger charge is 2.23. The third-order valence-electron chi connectivity index (χ3n) is 4.60. The van der Waals surface area contributed by atoms with Gasteiger partial charge < -0.3 is 5.32 Å². The maximum absolute atomic E-state index is 12.7. The van der Waals surface area contributed by atoms with Gasteiger partial charge in [0.05, 0.1) is 4.90 Å². The van der Waals surface area contributed by atoms with Crippen LogP contribution < -0.4 is 10.0 Å². The monoisotopic (exact) mass is 374 g/mol. The van der Waals surface area contributed by atoms with Crippen molar-refractivity contribution in [3.05, 3.63) is 28.8 Å². The molecule has 1 aliphatic heterocycles. The Hall–Kier alpha value is -0.620. The summed E-state index contributed by atoms with van der Waals surface area (Å²) in [7, 11) is -3.45. The van der Waals surface area contributed by atoms with Gasteiger partial charge >= 0.3 is 0 Å². The summed E-state index contributed by atoms with van der Waals surface area (Å²) in [4.78, 5) is 0.440. The number of rotatable bonds is 5. The van der Waals surface area contributed by atoms with Crippen molar-refractivity contribution in [1.29, 1.82) is 0 Å². The Labute approximate surface area is 153 Å². The highest BCUT2D eigenvalue weighted by molar-refractivity contribution is 7.89. The Morgan fingerprint density at radius 2 is 1.79 bits per heavy atom. The van der Waals surface area contributed by atoms with Crippen LogP contribution in [-0.2, 0) is 15.4 Å². The Balaban J connectivity index is 0.00000288. The first kappa shape index (κ1) is 21.4. The SMILES string of the molecule is Cc1cc(C(C)(C)C)cc(C)c1S(=O)(=O)NCCC1CCNC1.Cl. The molecular weight excluding hydrogens is 344 g/mol. The van der Waals surface area contributed by atoms with E-state index in [0.29, 0.717) is 17.4 Å². The standard InChI is InChI=1S/C18H30N2O2S.ClH/c1-13-10-16(18(3,4)5)11-14(2)17(13)23(21,22)20-9-7-15-6-8-19-12-15;/h10-11,15,19-20H,6-9,12H2,1-5H3;1H. The molecule has 1 aromatic carbocycles. The molecule has 4 nitrogen and oxygen atoms in total. The fourth-order valence-corrected chi connectivity index (χ4v) is 4.73. The second-order valence-electron chi connectivity index (χ2n) is 7.73. The summed E-state index contributed by atoms with van der Waals surface area (Å²) >= 11 is 0. The van der Waals surface area contributed by atoms with Crippen LogP contribution >= 0.6 is 12.4 Å².